The third kappa shape index (κ3) is 1.85. The molecule has 3 fully saturated rings. The maximum Gasteiger partial charge on any atom is 0.0596 e. The summed E-state index contributed by atoms with van der Waals surface area (Å²) >= 11 is 0. The zero-order valence-electron chi connectivity index (χ0n) is 14.1. The average Bonchev–Trinajstić information content (AvgIpc) is 2.76. The standard InChI is InChI=1S/C20H32O/c1-13-8-10-19(2)14(12-13)4-5-15-16-6-7-18(21)20(16,3)11-9-17(15)19/h4,13,15-18,21H,5-12H2,1-3H3. The summed E-state index contributed by atoms with van der Waals surface area (Å²) in [4.78, 5) is 0. The summed E-state index contributed by atoms with van der Waals surface area (Å²) in [5.74, 6) is 3.42. The lowest BCUT2D eigenvalue weighted by Crippen LogP contribution is -2.50. The second kappa shape index (κ2) is 4.60. The molecule has 0 bridgehead atoms. The summed E-state index contributed by atoms with van der Waals surface area (Å²) in [6, 6.07) is 0. The molecule has 21 heavy (non-hydrogen) atoms. The molecular weight excluding hydrogens is 256 g/mol. The monoisotopic (exact) mass is 288 g/mol. The van der Waals surface area contributed by atoms with Crippen LogP contribution in [0.5, 0.6) is 0 Å². The van der Waals surface area contributed by atoms with Crippen LogP contribution in [-0.2, 0) is 0 Å². The van der Waals surface area contributed by atoms with Gasteiger partial charge in [0.05, 0.1) is 6.10 Å². The van der Waals surface area contributed by atoms with Crippen molar-refractivity contribution >= 4 is 0 Å². The van der Waals surface area contributed by atoms with Crippen LogP contribution in [0.4, 0.5) is 0 Å². The van der Waals surface area contributed by atoms with Gasteiger partial charge in [0.25, 0.3) is 0 Å². The fourth-order valence-electron chi connectivity index (χ4n) is 6.82. The number of hydrogen-bond acceptors (Lipinski definition) is 1. The quantitative estimate of drug-likeness (QED) is 0.626. The minimum absolute atomic E-state index is 0.0342. The van der Waals surface area contributed by atoms with Gasteiger partial charge in [-0.2, -0.15) is 0 Å². The first kappa shape index (κ1) is 14.3. The van der Waals surface area contributed by atoms with Crippen molar-refractivity contribution in [2.24, 2.45) is 34.5 Å². The van der Waals surface area contributed by atoms with E-state index in [0.29, 0.717) is 5.41 Å². The molecule has 0 amide bonds. The highest BCUT2D eigenvalue weighted by atomic mass is 16.3. The molecule has 0 radical (unpaired) electrons. The Hall–Kier alpha value is -0.300. The molecule has 1 heteroatoms. The Labute approximate surface area is 130 Å². The summed E-state index contributed by atoms with van der Waals surface area (Å²) in [5, 5.41) is 10.5. The molecule has 0 aromatic heterocycles. The van der Waals surface area contributed by atoms with E-state index < -0.39 is 0 Å². The van der Waals surface area contributed by atoms with Gasteiger partial charge in [0.15, 0.2) is 0 Å². The van der Waals surface area contributed by atoms with Crippen LogP contribution in [0.1, 0.15) is 72.1 Å². The van der Waals surface area contributed by atoms with Gasteiger partial charge in [0.1, 0.15) is 0 Å². The van der Waals surface area contributed by atoms with Crippen LogP contribution in [0.2, 0.25) is 0 Å². The van der Waals surface area contributed by atoms with Gasteiger partial charge < -0.3 is 5.11 Å². The molecule has 118 valence electrons. The van der Waals surface area contributed by atoms with Crippen molar-refractivity contribution in [3.05, 3.63) is 11.6 Å². The summed E-state index contributed by atoms with van der Waals surface area (Å²) in [6.07, 6.45) is 13.0. The van der Waals surface area contributed by atoms with Crippen LogP contribution >= 0.6 is 0 Å². The van der Waals surface area contributed by atoms with Gasteiger partial charge >= 0.3 is 0 Å². The largest absolute Gasteiger partial charge is 0.393 e. The lowest BCUT2D eigenvalue weighted by molar-refractivity contribution is -0.0677. The second-order valence-corrected chi connectivity index (χ2v) is 9.24. The molecule has 4 aliphatic rings. The normalized spacial score (nSPS) is 56.2. The highest BCUT2D eigenvalue weighted by molar-refractivity contribution is 5.25. The Balaban J connectivity index is 1.68. The number of aliphatic hydroxyl groups excluding tert-OH is 1. The Morgan fingerprint density at radius 2 is 1.86 bits per heavy atom. The van der Waals surface area contributed by atoms with Gasteiger partial charge in [-0.3, -0.25) is 0 Å². The van der Waals surface area contributed by atoms with Gasteiger partial charge in [-0.1, -0.05) is 32.4 Å². The zero-order valence-corrected chi connectivity index (χ0v) is 14.1. The number of aliphatic hydroxyl groups is 1. The van der Waals surface area contributed by atoms with Gasteiger partial charge in [0, 0.05) is 0 Å². The minimum Gasteiger partial charge on any atom is -0.393 e. The number of rotatable bonds is 0. The molecule has 7 atom stereocenters. The van der Waals surface area contributed by atoms with E-state index in [-0.39, 0.29) is 11.5 Å². The fraction of sp³-hybridized carbons (Fsp3) is 0.900. The lowest BCUT2D eigenvalue weighted by atomic mass is 9.47. The van der Waals surface area contributed by atoms with E-state index in [1.807, 2.05) is 0 Å². The molecule has 0 aromatic carbocycles. The Bertz CT molecular complexity index is 466. The molecule has 7 unspecified atom stereocenters. The van der Waals surface area contributed by atoms with Crippen molar-refractivity contribution in [1.29, 1.82) is 0 Å². The van der Waals surface area contributed by atoms with Crippen LogP contribution in [0, 0.1) is 34.5 Å². The van der Waals surface area contributed by atoms with Crippen molar-refractivity contribution in [3.63, 3.8) is 0 Å². The predicted molar refractivity (Wildman–Crippen MR) is 86.9 cm³/mol. The van der Waals surface area contributed by atoms with Gasteiger partial charge in [0.2, 0.25) is 0 Å². The first-order chi connectivity index (χ1) is 9.95. The molecule has 1 N–H and O–H groups in total. The third-order valence-corrected chi connectivity index (χ3v) is 8.30. The van der Waals surface area contributed by atoms with E-state index in [0.717, 1.165) is 30.1 Å². The topological polar surface area (TPSA) is 20.2 Å². The lowest BCUT2D eigenvalue weighted by Gasteiger charge is -2.57. The molecule has 3 saturated carbocycles. The molecule has 4 rings (SSSR count). The smallest absolute Gasteiger partial charge is 0.0596 e. The van der Waals surface area contributed by atoms with Crippen molar-refractivity contribution in [2.45, 2.75) is 78.2 Å². The number of fused-ring (bicyclic) bond motifs is 5. The highest BCUT2D eigenvalue weighted by Crippen LogP contribution is 2.65. The predicted octanol–water partition coefficient (Wildman–Crippen LogP) is 4.95. The van der Waals surface area contributed by atoms with Crippen LogP contribution in [0.25, 0.3) is 0 Å². The minimum atomic E-state index is -0.0342. The van der Waals surface area contributed by atoms with Crippen LogP contribution < -0.4 is 0 Å². The molecule has 0 aromatic rings. The van der Waals surface area contributed by atoms with Crippen LogP contribution in [0.15, 0.2) is 11.6 Å². The highest BCUT2D eigenvalue weighted by Gasteiger charge is 2.58. The molecule has 4 aliphatic carbocycles. The van der Waals surface area contributed by atoms with Gasteiger partial charge in [-0.25, -0.2) is 0 Å². The molecule has 0 saturated heterocycles. The summed E-state index contributed by atoms with van der Waals surface area (Å²) in [7, 11) is 0. The maximum atomic E-state index is 10.5. The van der Waals surface area contributed by atoms with E-state index in [2.05, 4.69) is 26.8 Å². The van der Waals surface area contributed by atoms with Crippen LogP contribution in [0.3, 0.4) is 0 Å². The molecule has 0 heterocycles. The van der Waals surface area contributed by atoms with Crippen molar-refractivity contribution < 1.29 is 5.11 Å². The molecular formula is C20H32O. The van der Waals surface area contributed by atoms with Gasteiger partial charge in [-0.15, -0.1) is 0 Å². The first-order valence-corrected chi connectivity index (χ1v) is 9.33. The summed E-state index contributed by atoms with van der Waals surface area (Å²) in [6.45, 7) is 7.39. The Kier molecular flexibility index (Phi) is 3.13. The maximum absolute atomic E-state index is 10.5. The van der Waals surface area contributed by atoms with E-state index in [9.17, 15) is 5.11 Å². The van der Waals surface area contributed by atoms with E-state index in [1.165, 1.54) is 44.9 Å². The average molecular weight is 288 g/mol. The van der Waals surface area contributed by atoms with E-state index in [4.69, 9.17) is 0 Å². The fourth-order valence-corrected chi connectivity index (χ4v) is 6.82. The SMILES string of the molecule is CC1CCC2(C)C(=CCC3C2CCC2(C)C(O)CCC32)C1. The Morgan fingerprint density at radius 3 is 2.67 bits per heavy atom. The van der Waals surface area contributed by atoms with E-state index in [1.54, 1.807) is 5.57 Å². The van der Waals surface area contributed by atoms with Crippen molar-refractivity contribution in [3.8, 4) is 0 Å². The second-order valence-electron chi connectivity index (χ2n) is 9.24. The summed E-state index contributed by atoms with van der Waals surface area (Å²) < 4.78 is 0. The number of hydrogen-bond donors (Lipinski definition) is 1. The Morgan fingerprint density at radius 1 is 1.05 bits per heavy atom. The third-order valence-electron chi connectivity index (χ3n) is 8.30. The molecule has 0 aliphatic heterocycles. The first-order valence-electron chi connectivity index (χ1n) is 9.33. The van der Waals surface area contributed by atoms with Crippen LogP contribution in [-0.4, -0.2) is 11.2 Å². The van der Waals surface area contributed by atoms with Gasteiger partial charge in [-0.05, 0) is 85.9 Å². The summed E-state index contributed by atoms with van der Waals surface area (Å²) in [5.41, 5.74) is 2.51. The molecule has 1 nitrogen and oxygen atoms in total. The molecule has 0 spiro atoms. The van der Waals surface area contributed by atoms with Crippen molar-refractivity contribution in [2.75, 3.05) is 0 Å². The number of allylic oxidation sites excluding steroid dienone is 2. The van der Waals surface area contributed by atoms with E-state index >= 15 is 0 Å². The van der Waals surface area contributed by atoms with Crippen molar-refractivity contribution in [1.82, 2.24) is 0 Å². The zero-order chi connectivity index (χ0) is 14.8.